The molecule has 0 bridgehead atoms. The van der Waals surface area contributed by atoms with Gasteiger partial charge in [0.25, 0.3) is 5.56 Å². The van der Waals surface area contributed by atoms with Crippen LogP contribution in [0.15, 0.2) is 29.6 Å². The standard InChI is InChI=1S/C13H18N4O/c1-3-16(4-2)7-8-17-10-15-12-5-6-14-9-11(12)13(17)18/h5-6,9-10H,3-4,7-8H2,1-2H3. The van der Waals surface area contributed by atoms with Crippen molar-refractivity contribution in [3.63, 3.8) is 0 Å². The van der Waals surface area contributed by atoms with E-state index in [1.807, 2.05) is 0 Å². The molecule has 0 aliphatic heterocycles. The summed E-state index contributed by atoms with van der Waals surface area (Å²) in [5.74, 6) is 0. The fourth-order valence-electron chi connectivity index (χ4n) is 1.95. The van der Waals surface area contributed by atoms with E-state index >= 15 is 0 Å². The van der Waals surface area contributed by atoms with E-state index in [1.165, 1.54) is 0 Å². The first-order chi connectivity index (χ1) is 8.76. The molecule has 5 nitrogen and oxygen atoms in total. The third kappa shape index (κ3) is 2.56. The van der Waals surface area contributed by atoms with Crippen LogP contribution in [0, 0.1) is 0 Å². The Hall–Kier alpha value is -1.75. The zero-order valence-corrected chi connectivity index (χ0v) is 10.8. The maximum atomic E-state index is 12.2. The van der Waals surface area contributed by atoms with Crippen molar-refractivity contribution < 1.29 is 0 Å². The predicted molar refractivity (Wildman–Crippen MR) is 71.6 cm³/mol. The molecule has 2 heterocycles. The van der Waals surface area contributed by atoms with Gasteiger partial charge >= 0.3 is 0 Å². The van der Waals surface area contributed by atoms with Crippen LogP contribution in [0.1, 0.15) is 13.8 Å². The van der Waals surface area contributed by atoms with E-state index < -0.39 is 0 Å². The molecule has 0 fully saturated rings. The number of aromatic nitrogens is 3. The summed E-state index contributed by atoms with van der Waals surface area (Å²) in [4.78, 5) is 22.7. The van der Waals surface area contributed by atoms with Gasteiger partial charge in [0.15, 0.2) is 0 Å². The Morgan fingerprint density at radius 3 is 2.83 bits per heavy atom. The van der Waals surface area contributed by atoms with E-state index in [2.05, 4.69) is 28.7 Å². The zero-order valence-electron chi connectivity index (χ0n) is 10.8. The third-order valence-corrected chi connectivity index (χ3v) is 3.18. The summed E-state index contributed by atoms with van der Waals surface area (Å²) in [6.07, 6.45) is 4.85. The molecule has 2 aromatic heterocycles. The average molecular weight is 246 g/mol. The first kappa shape index (κ1) is 12.7. The Balaban J connectivity index is 2.24. The molecule has 0 aliphatic carbocycles. The quantitative estimate of drug-likeness (QED) is 0.793. The maximum Gasteiger partial charge on any atom is 0.262 e. The molecule has 5 heteroatoms. The van der Waals surface area contributed by atoms with Gasteiger partial charge in [-0.25, -0.2) is 4.98 Å². The van der Waals surface area contributed by atoms with E-state index in [1.54, 1.807) is 29.4 Å². The van der Waals surface area contributed by atoms with Gasteiger partial charge in [-0.1, -0.05) is 13.8 Å². The van der Waals surface area contributed by atoms with Crippen LogP contribution in [-0.2, 0) is 6.54 Å². The van der Waals surface area contributed by atoms with E-state index in [-0.39, 0.29) is 5.56 Å². The summed E-state index contributed by atoms with van der Waals surface area (Å²) in [6, 6.07) is 1.76. The van der Waals surface area contributed by atoms with Crippen LogP contribution in [0.4, 0.5) is 0 Å². The summed E-state index contributed by atoms with van der Waals surface area (Å²) in [6.45, 7) is 7.75. The number of fused-ring (bicyclic) bond motifs is 1. The maximum absolute atomic E-state index is 12.2. The van der Waals surface area contributed by atoms with Crippen molar-refractivity contribution in [3.8, 4) is 0 Å². The molecule has 0 saturated carbocycles. The molecule has 0 aliphatic rings. The number of hydrogen-bond acceptors (Lipinski definition) is 4. The summed E-state index contributed by atoms with van der Waals surface area (Å²) in [5.41, 5.74) is 0.689. The van der Waals surface area contributed by atoms with Gasteiger partial charge in [-0.3, -0.25) is 14.3 Å². The van der Waals surface area contributed by atoms with E-state index in [0.29, 0.717) is 17.4 Å². The minimum absolute atomic E-state index is 0.0137. The summed E-state index contributed by atoms with van der Waals surface area (Å²) in [5, 5.41) is 0.583. The summed E-state index contributed by atoms with van der Waals surface area (Å²) >= 11 is 0. The Morgan fingerprint density at radius 1 is 1.33 bits per heavy atom. The fourth-order valence-corrected chi connectivity index (χ4v) is 1.95. The van der Waals surface area contributed by atoms with Crippen LogP contribution in [0.3, 0.4) is 0 Å². The lowest BCUT2D eigenvalue weighted by molar-refractivity contribution is 0.289. The van der Waals surface area contributed by atoms with Crippen molar-refractivity contribution in [1.82, 2.24) is 19.4 Å². The Bertz CT molecular complexity index is 574. The van der Waals surface area contributed by atoms with Crippen molar-refractivity contribution >= 4 is 10.9 Å². The van der Waals surface area contributed by atoms with E-state index in [9.17, 15) is 4.79 Å². The highest BCUT2D eigenvalue weighted by atomic mass is 16.1. The minimum atomic E-state index is -0.0137. The highest BCUT2D eigenvalue weighted by molar-refractivity contribution is 5.75. The van der Waals surface area contributed by atoms with Gasteiger partial charge in [0.2, 0.25) is 0 Å². The predicted octanol–water partition coefficient (Wildman–Crippen LogP) is 1.13. The van der Waals surface area contributed by atoms with Crippen LogP contribution in [0.25, 0.3) is 10.9 Å². The molecule has 2 aromatic rings. The number of pyridine rings is 1. The van der Waals surface area contributed by atoms with Gasteiger partial charge < -0.3 is 4.90 Å². The second kappa shape index (κ2) is 5.73. The first-order valence-electron chi connectivity index (χ1n) is 6.27. The van der Waals surface area contributed by atoms with Gasteiger partial charge in [-0.2, -0.15) is 0 Å². The van der Waals surface area contributed by atoms with Crippen LogP contribution >= 0.6 is 0 Å². The molecule has 0 radical (unpaired) electrons. The molecule has 0 N–H and O–H groups in total. The van der Waals surface area contributed by atoms with Crippen molar-refractivity contribution in [3.05, 3.63) is 35.1 Å². The zero-order chi connectivity index (χ0) is 13.0. The molecular weight excluding hydrogens is 228 g/mol. The van der Waals surface area contributed by atoms with Crippen molar-refractivity contribution in [2.45, 2.75) is 20.4 Å². The third-order valence-electron chi connectivity index (χ3n) is 3.18. The van der Waals surface area contributed by atoms with Crippen LogP contribution in [0.5, 0.6) is 0 Å². The average Bonchev–Trinajstić information content (AvgIpc) is 2.42. The summed E-state index contributed by atoms with van der Waals surface area (Å²) < 4.78 is 1.66. The van der Waals surface area contributed by atoms with E-state index in [0.717, 1.165) is 19.6 Å². The van der Waals surface area contributed by atoms with Gasteiger partial charge in [-0.15, -0.1) is 0 Å². The largest absolute Gasteiger partial charge is 0.302 e. The molecular formula is C13H18N4O. The number of hydrogen-bond donors (Lipinski definition) is 0. The number of likely N-dealkylation sites (N-methyl/N-ethyl adjacent to an activating group) is 1. The first-order valence-corrected chi connectivity index (χ1v) is 6.27. The molecule has 0 aromatic carbocycles. The molecule has 0 saturated heterocycles. The van der Waals surface area contributed by atoms with Gasteiger partial charge in [0, 0.05) is 25.5 Å². The Kier molecular flexibility index (Phi) is 4.04. The fraction of sp³-hybridized carbons (Fsp3) is 0.462. The highest BCUT2D eigenvalue weighted by Crippen LogP contribution is 2.02. The second-order valence-electron chi connectivity index (χ2n) is 4.16. The topological polar surface area (TPSA) is 51.0 Å². The van der Waals surface area contributed by atoms with Crippen molar-refractivity contribution in [2.75, 3.05) is 19.6 Å². The number of rotatable bonds is 5. The second-order valence-corrected chi connectivity index (χ2v) is 4.16. The van der Waals surface area contributed by atoms with Crippen LogP contribution < -0.4 is 5.56 Å². The SMILES string of the molecule is CCN(CC)CCn1cnc2ccncc2c1=O. The Morgan fingerprint density at radius 2 is 2.11 bits per heavy atom. The number of nitrogens with zero attached hydrogens (tertiary/aromatic N) is 4. The Labute approximate surface area is 106 Å². The minimum Gasteiger partial charge on any atom is -0.302 e. The monoisotopic (exact) mass is 246 g/mol. The summed E-state index contributed by atoms with van der Waals surface area (Å²) in [7, 11) is 0. The molecule has 96 valence electrons. The van der Waals surface area contributed by atoms with Gasteiger partial charge in [0.1, 0.15) is 0 Å². The normalized spacial score (nSPS) is 11.3. The smallest absolute Gasteiger partial charge is 0.262 e. The van der Waals surface area contributed by atoms with Crippen molar-refractivity contribution in [1.29, 1.82) is 0 Å². The highest BCUT2D eigenvalue weighted by Gasteiger charge is 2.05. The molecule has 0 unspecified atom stereocenters. The van der Waals surface area contributed by atoms with Crippen LogP contribution in [-0.4, -0.2) is 39.1 Å². The molecule has 18 heavy (non-hydrogen) atoms. The van der Waals surface area contributed by atoms with Gasteiger partial charge in [-0.05, 0) is 19.2 Å². The van der Waals surface area contributed by atoms with Crippen LogP contribution in [0.2, 0.25) is 0 Å². The van der Waals surface area contributed by atoms with Gasteiger partial charge in [0.05, 0.1) is 17.2 Å². The van der Waals surface area contributed by atoms with Crippen molar-refractivity contribution in [2.24, 2.45) is 0 Å². The van der Waals surface area contributed by atoms with E-state index in [4.69, 9.17) is 0 Å². The molecule has 0 atom stereocenters. The molecule has 0 amide bonds. The molecule has 0 spiro atoms. The lowest BCUT2D eigenvalue weighted by atomic mass is 10.3. The molecule has 2 rings (SSSR count). The lowest BCUT2D eigenvalue weighted by Gasteiger charge is -2.18. The lowest BCUT2D eigenvalue weighted by Crippen LogP contribution is -2.31.